The van der Waals surface area contributed by atoms with E-state index in [2.05, 4.69) is 0 Å². The van der Waals surface area contributed by atoms with Gasteiger partial charge in [0, 0.05) is 23.7 Å². The lowest BCUT2D eigenvalue weighted by Crippen LogP contribution is -2.32. The molecule has 0 unspecified atom stereocenters. The molecule has 1 N–H and O–H groups in total. The van der Waals surface area contributed by atoms with Gasteiger partial charge >= 0.3 is 0 Å². The number of fused-ring (bicyclic) bond motifs is 1. The summed E-state index contributed by atoms with van der Waals surface area (Å²) < 4.78 is 39.2. The van der Waals surface area contributed by atoms with Gasteiger partial charge in [-0.25, -0.2) is 4.68 Å². The fourth-order valence-electron chi connectivity index (χ4n) is 3.54. The molecular formula is C23H17N3O5S3. The Hall–Kier alpha value is -3.25. The van der Waals surface area contributed by atoms with E-state index in [1.54, 1.807) is 17.0 Å². The Morgan fingerprint density at radius 3 is 2.59 bits per heavy atom. The molecule has 0 aliphatic carbocycles. The fraction of sp³-hybridized carbons (Fsp3) is 0.0870. The van der Waals surface area contributed by atoms with Crippen molar-refractivity contribution in [2.75, 3.05) is 12.3 Å². The van der Waals surface area contributed by atoms with Gasteiger partial charge in [0.05, 0.1) is 16.3 Å². The molecule has 2 aromatic carbocycles. The van der Waals surface area contributed by atoms with E-state index in [0.717, 1.165) is 22.8 Å². The predicted octanol–water partition coefficient (Wildman–Crippen LogP) is 4.37. The Balaban J connectivity index is 1.56. The molecule has 11 heteroatoms. The third-order valence-corrected chi connectivity index (χ3v) is 7.23. The van der Waals surface area contributed by atoms with Gasteiger partial charge in [0.2, 0.25) is 0 Å². The molecule has 172 valence electrons. The van der Waals surface area contributed by atoms with Gasteiger partial charge in [0.25, 0.3) is 16.0 Å². The second-order valence-electron chi connectivity index (χ2n) is 7.48. The van der Waals surface area contributed by atoms with Crippen LogP contribution in [0.3, 0.4) is 0 Å². The maximum Gasteiger partial charge on any atom is 0.266 e. The van der Waals surface area contributed by atoms with Crippen LogP contribution in [-0.4, -0.2) is 50.2 Å². The van der Waals surface area contributed by atoms with Crippen LogP contribution in [0.15, 0.2) is 76.2 Å². The average molecular weight is 512 g/mol. The number of carbonyl (C=O) groups is 1. The van der Waals surface area contributed by atoms with Gasteiger partial charge < -0.3 is 4.42 Å². The first-order valence-corrected chi connectivity index (χ1v) is 13.0. The molecule has 1 amide bonds. The van der Waals surface area contributed by atoms with E-state index in [1.165, 1.54) is 4.90 Å². The molecule has 0 atom stereocenters. The summed E-state index contributed by atoms with van der Waals surface area (Å²) in [7, 11) is -4.23. The normalized spacial score (nSPS) is 15.7. The standard InChI is InChI=1S/C23H17N3O5S3/c27-22-20(33-23(32)25(22)10-11-34(28,29)30)13-16-14-26(17-7-2-1-3-8-17)24-21(16)19-12-15-6-4-5-9-18(15)31-19/h1-9,12-14H,10-11H2,(H,28,29,30)/b20-13-. The number of carbonyl (C=O) groups excluding carboxylic acids is 1. The Morgan fingerprint density at radius 2 is 1.85 bits per heavy atom. The zero-order valence-corrected chi connectivity index (χ0v) is 19.9. The van der Waals surface area contributed by atoms with E-state index in [1.807, 2.05) is 60.7 Å². The summed E-state index contributed by atoms with van der Waals surface area (Å²) in [6.45, 7) is -0.222. The summed E-state index contributed by atoms with van der Waals surface area (Å²) in [6, 6.07) is 19.0. The van der Waals surface area contributed by atoms with Crippen molar-refractivity contribution in [1.82, 2.24) is 14.7 Å². The average Bonchev–Trinajstić information content (AvgIpc) is 3.48. The third kappa shape index (κ3) is 4.55. The number of hydrogen-bond donors (Lipinski definition) is 1. The summed E-state index contributed by atoms with van der Waals surface area (Å²) in [5.41, 5.74) is 2.73. The summed E-state index contributed by atoms with van der Waals surface area (Å²) in [5.74, 6) is -0.478. The molecule has 3 heterocycles. The molecule has 34 heavy (non-hydrogen) atoms. The van der Waals surface area contributed by atoms with Crippen molar-refractivity contribution in [2.24, 2.45) is 0 Å². The van der Waals surface area contributed by atoms with Gasteiger partial charge in [-0.05, 0) is 30.3 Å². The van der Waals surface area contributed by atoms with E-state index in [-0.39, 0.29) is 10.9 Å². The van der Waals surface area contributed by atoms with Crippen molar-refractivity contribution < 1.29 is 22.2 Å². The van der Waals surface area contributed by atoms with Crippen molar-refractivity contribution in [1.29, 1.82) is 0 Å². The Bertz CT molecular complexity index is 1520. The zero-order chi connectivity index (χ0) is 23.9. The molecule has 1 aliphatic rings. The second kappa shape index (κ2) is 8.84. The molecule has 1 fully saturated rings. The van der Waals surface area contributed by atoms with E-state index < -0.39 is 21.8 Å². The molecular weight excluding hydrogens is 494 g/mol. The number of amides is 1. The van der Waals surface area contributed by atoms with Gasteiger partial charge in [-0.3, -0.25) is 14.2 Å². The highest BCUT2D eigenvalue weighted by atomic mass is 32.2. The number of rotatable bonds is 6. The second-order valence-corrected chi connectivity index (χ2v) is 10.7. The zero-order valence-electron chi connectivity index (χ0n) is 17.5. The molecule has 2 aromatic heterocycles. The van der Waals surface area contributed by atoms with Crippen molar-refractivity contribution in [3.05, 3.63) is 77.3 Å². The van der Waals surface area contributed by atoms with Crippen LogP contribution in [0, 0.1) is 0 Å². The van der Waals surface area contributed by atoms with Gasteiger partial charge in [0.15, 0.2) is 5.76 Å². The molecule has 0 radical (unpaired) electrons. The van der Waals surface area contributed by atoms with Crippen molar-refractivity contribution in [3.63, 3.8) is 0 Å². The minimum Gasteiger partial charge on any atom is -0.454 e. The number of benzene rings is 2. The third-order valence-electron chi connectivity index (χ3n) is 5.16. The first-order valence-electron chi connectivity index (χ1n) is 10.1. The van der Waals surface area contributed by atoms with Crippen LogP contribution < -0.4 is 0 Å². The van der Waals surface area contributed by atoms with E-state index in [0.29, 0.717) is 27.5 Å². The highest BCUT2D eigenvalue weighted by Crippen LogP contribution is 2.36. The Labute approximate surface area is 204 Å². The molecule has 5 rings (SSSR count). The summed E-state index contributed by atoms with van der Waals surface area (Å²) >= 11 is 6.33. The molecule has 4 aromatic rings. The topological polar surface area (TPSA) is 106 Å². The van der Waals surface area contributed by atoms with Crippen molar-refractivity contribution in [2.45, 2.75) is 0 Å². The first kappa shape index (κ1) is 22.5. The van der Waals surface area contributed by atoms with Crippen LogP contribution in [0.2, 0.25) is 0 Å². The smallest absolute Gasteiger partial charge is 0.266 e. The summed E-state index contributed by atoms with van der Waals surface area (Å²) in [4.78, 5) is 14.4. The fourth-order valence-corrected chi connectivity index (χ4v) is 5.25. The molecule has 0 bridgehead atoms. The van der Waals surface area contributed by atoms with Crippen LogP contribution in [0.4, 0.5) is 0 Å². The predicted molar refractivity (Wildman–Crippen MR) is 135 cm³/mol. The molecule has 8 nitrogen and oxygen atoms in total. The quantitative estimate of drug-likeness (QED) is 0.231. The highest BCUT2D eigenvalue weighted by molar-refractivity contribution is 8.26. The maximum atomic E-state index is 12.9. The lowest BCUT2D eigenvalue weighted by atomic mass is 10.1. The molecule has 0 saturated carbocycles. The lowest BCUT2D eigenvalue weighted by molar-refractivity contribution is -0.121. The van der Waals surface area contributed by atoms with Gasteiger partial charge in [0.1, 0.15) is 15.6 Å². The van der Waals surface area contributed by atoms with Crippen LogP contribution in [0.1, 0.15) is 5.56 Å². The van der Waals surface area contributed by atoms with E-state index in [4.69, 9.17) is 26.3 Å². The number of thioether (sulfide) groups is 1. The molecule has 1 aliphatic heterocycles. The highest BCUT2D eigenvalue weighted by Gasteiger charge is 2.33. The monoisotopic (exact) mass is 511 g/mol. The van der Waals surface area contributed by atoms with E-state index in [9.17, 15) is 13.2 Å². The SMILES string of the molecule is O=C1/C(=C/c2cn(-c3ccccc3)nc2-c2cc3ccccc3o2)SC(=S)N1CCS(=O)(=O)O. The van der Waals surface area contributed by atoms with E-state index >= 15 is 0 Å². The van der Waals surface area contributed by atoms with Gasteiger partial charge in [-0.1, -0.05) is 60.4 Å². The van der Waals surface area contributed by atoms with Crippen LogP contribution >= 0.6 is 24.0 Å². The minimum absolute atomic E-state index is 0.222. The minimum atomic E-state index is -4.23. The lowest BCUT2D eigenvalue weighted by Gasteiger charge is -2.12. The molecule has 0 spiro atoms. The van der Waals surface area contributed by atoms with Crippen LogP contribution in [0.25, 0.3) is 34.2 Å². The number of furan rings is 1. The number of hydrogen-bond acceptors (Lipinski definition) is 7. The Morgan fingerprint density at radius 1 is 1.12 bits per heavy atom. The number of para-hydroxylation sites is 2. The first-order chi connectivity index (χ1) is 16.3. The van der Waals surface area contributed by atoms with Crippen molar-refractivity contribution in [3.8, 4) is 17.1 Å². The number of thiocarbonyl (C=S) groups is 1. The Kier molecular flexibility index (Phi) is 5.86. The van der Waals surface area contributed by atoms with Gasteiger partial charge in [-0.15, -0.1) is 0 Å². The van der Waals surface area contributed by atoms with Gasteiger partial charge in [-0.2, -0.15) is 13.5 Å². The molecule has 1 saturated heterocycles. The van der Waals surface area contributed by atoms with Crippen LogP contribution in [0.5, 0.6) is 0 Å². The summed E-state index contributed by atoms with van der Waals surface area (Å²) in [6.07, 6.45) is 3.46. The maximum absolute atomic E-state index is 12.9. The van der Waals surface area contributed by atoms with Crippen molar-refractivity contribution >= 4 is 61.4 Å². The number of nitrogens with zero attached hydrogens (tertiary/aromatic N) is 3. The number of aromatic nitrogens is 2. The largest absolute Gasteiger partial charge is 0.454 e. The van der Waals surface area contributed by atoms with Crippen LogP contribution in [-0.2, 0) is 14.9 Å². The summed E-state index contributed by atoms with van der Waals surface area (Å²) in [5, 5.41) is 5.64.